The molecular weight excluding hydrogens is 377 g/mol. The van der Waals surface area contributed by atoms with Crippen LogP contribution >= 0.6 is 0 Å². The molecule has 0 saturated carbocycles. The van der Waals surface area contributed by atoms with Gasteiger partial charge in [-0.05, 0) is 47.9 Å². The predicted octanol–water partition coefficient (Wildman–Crippen LogP) is 5.05. The standard InChI is InChI=1S/C21H14F5NO/c22-12-2-3-13(15(23)7-12)10-1-4-20-11(5-10)6-19(27)21(28-20)14-8-17(25)18(26)9-16(14)24/h1-5,7-9,19,21H,6,27H2/t19-,21+/m0/s1. The monoisotopic (exact) mass is 391 g/mol. The van der Waals surface area contributed by atoms with Crippen molar-refractivity contribution in [2.45, 2.75) is 18.6 Å². The van der Waals surface area contributed by atoms with E-state index in [1.165, 1.54) is 6.07 Å². The van der Waals surface area contributed by atoms with E-state index >= 15 is 0 Å². The van der Waals surface area contributed by atoms with Crippen molar-refractivity contribution in [3.8, 4) is 16.9 Å². The molecule has 1 aliphatic rings. The van der Waals surface area contributed by atoms with Gasteiger partial charge in [-0.2, -0.15) is 0 Å². The fourth-order valence-corrected chi connectivity index (χ4v) is 3.38. The fraction of sp³-hybridized carbons (Fsp3) is 0.143. The number of halogens is 5. The maximum Gasteiger partial charge on any atom is 0.161 e. The normalized spacial score (nSPS) is 18.5. The molecule has 1 heterocycles. The molecule has 28 heavy (non-hydrogen) atoms. The Balaban J connectivity index is 1.69. The third-order valence-electron chi connectivity index (χ3n) is 4.75. The van der Waals surface area contributed by atoms with Gasteiger partial charge < -0.3 is 10.5 Å². The van der Waals surface area contributed by atoms with Crippen LogP contribution in [-0.2, 0) is 6.42 Å². The number of fused-ring (bicyclic) bond motifs is 1. The van der Waals surface area contributed by atoms with Crippen molar-refractivity contribution in [2.75, 3.05) is 0 Å². The highest BCUT2D eigenvalue weighted by Gasteiger charge is 2.32. The van der Waals surface area contributed by atoms with E-state index in [0.29, 0.717) is 22.9 Å². The second kappa shape index (κ2) is 6.91. The van der Waals surface area contributed by atoms with Crippen LogP contribution in [0.2, 0.25) is 0 Å². The van der Waals surface area contributed by atoms with Crippen LogP contribution in [0.5, 0.6) is 5.75 Å². The van der Waals surface area contributed by atoms with Crippen molar-refractivity contribution in [1.29, 1.82) is 0 Å². The zero-order valence-corrected chi connectivity index (χ0v) is 14.4. The minimum absolute atomic E-state index is 0.175. The van der Waals surface area contributed by atoms with Gasteiger partial charge in [-0.25, -0.2) is 22.0 Å². The van der Waals surface area contributed by atoms with Gasteiger partial charge in [0, 0.05) is 23.3 Å². The van der Waals surface area contributed by atoms with Crippen molar-refractivity contribution in [2.24, 2.45) is 5.73 Å². The van der Waals surface area contributed by atoms with Crippen LogP contribution in [0.4, 0.5) is 22.0 Å². The van der Waals surface area contributed by atoms with E-state index in [1.807, 2.05) is 0 Å². The number of hydrogen-bond donors (Lipinski definition) is 1. The first-order chi connectivity index (χ1) is 13.3. The van der Waals surface area contributed by atoms with Crippen LogP contribution in [0, 0.1) is 29.1 Å². The van der Waals surface area contributed by atoms with Gasteiger partial charge in [0.2, 0.25) is 0 Å². The molecule has 3 aromatic carbocycles. The maximum atomic E-state index is 14.1. The Morgan fingerprint density at radius 2 is 1.54 bits per heavy atom. The Morgan fingerprint density at radius 3 is 2.29 bits per heavy atom. The Bertz CT molecular complexity index is 1070. The lowest BCUT2D eigenvalue weighted by Crippen LogP contribution is -2.38. The molecule has 2 nitrogen and oxygen atoms in total. The summed E-state index contributed by atoms with van der Waals surface area (Å²) < 4.78 is 73.7. The molecule has 0 aromatic heterocycles. The van der Waals surface area contributed by atoms with E-state index < -0.39 is 41.2 Å². The number of nitrogens with two attached hydrogens (primary N) is 1. The smallest absolute Gasteiger partial charge is 0.161 e. The molecule has 0 radical (unpaired) electrons. The van der Waals surface area contributed by atoms with Gasteiger partial charge in [0.25, 0.3) is 0 Å². The van der Waals surface area contributed by atoms with Crippen LogP contribution in [0.15, 0.2) is 48.5 Å². The van der Waals surface area contributed by atoms with Crippen LogP contribution in [0.1, 0.15) is 17.2 Å². The molecule has 0 aliphatic carbocycles. The number of rotatable bonds is 2. The third-order valence-corrected chi connectivity index (χ3v) is 4.75. The number of benzene rings is 3. The van der Waals surface area contributed by atoms with Gasteiger partial charge in [0.15, 0.2) is 11.6 Å². The highest BCUT2D eigenvalue weighted by atomic mass is 19.2. The second-order valence-corrected chi connectivity index (χ2v) is 6.64. The lowest BCUT2D eigenvalue weighted by atomic mass is 9.91. The summed E-state index contributed by atoms with van der Waals surface area (Å²) in [5.41, 5.74) is 7.28. The minimum atomic E-state index is -1.29. The summed E-state index contributed by atoms with van der Waals surface area (Å²) in [6.45, 7) is 0. The molecule has 144 valence electrons. The molecule has 0 unspecified atom stereocenters. The SMILES string of the molecule is N[C@H]1Cc2cc(-c3ccc(F)cc3F)ccc2O[C@@H]1c1cc(F)c(F)cc1F. The summed E-state index contributed by atoms with van der Waals surface area (Å²) in [6, 6.07) is 8.52. The van der Waals surface area contributed by atoms with Crippen LogP contribution in [-0.4, -0.2) is 6.04 Å². The van der Waals surface area contributed by atoms with Crippen molar-refractivity contribution in [3.63, 3.8) is 0 Å². The number of hydrogen-bond acceptors (Lipinski definition) is 2. The fourth-order valence-electron chi connectivity index (χ4n) is 3.38. The average Bonchev–Trinajstić information content (AvgIpc) is 2.64. The average molecular weight is 391 g/mol. The molecule has 0 saturated heterocycles. The highest BCUT2D eigenvalue weighted by Crippen LogP contribution is 2.38. The van der Waals surface area contributed by atoms with E-state index in [1.54, 1.807) is 18.2 Å². The van der Waals surface area contributed by atoms with E-state index in [0.717, 1.165) is 18.2 Å². The van der Waals surface area contributed by atoms with Crippen LogP contribution in [0.3, 0.4) is 0 Å². The molecule has 0 amide bonds. The summed E-state index contributed by atoms with van der Waals surface area (Å²) in [5, 5.41) is 0. The Labute approximate surface area is 157 Å². The van der Waals surface area contributed by atoms with Gasteiger partial charge >= 0.3 is 0 Å². The van der Waals surface area contributed by atoms with Crippen molar-refractivity contribution in [3.05, 3.63) is 88.7 Å². The number of ether oxygens (including phenoxy) is 1. The first-order valence-corrected chi connectivity index (χ1v) is 8.48. The van der Waals surface area contributed by atoms with E-state index in [4.69, 9.17) is 10.5 Å². The Kier molecular flexibility index (Phi) is 4.55. The maximum absolute atomic E-state index is 14.1. The Hall–Kier alpha value is -2.93. The van der Waals surface area contributed by atoms with E-state index in [2.05, 4.69) is 0 Å². The third kappa shape index (κ3) is 3.22. The van der Waals surface area contributed by atoms with Gasteiger partial charge in [-0.15, -0.1) is 0 Å². The molecule has 2 N–H and O–H groups in total. The highest BCUT2D eigenvalue weighted by molar-refractivity contribution is 5.66. The van der Waals surface area contributed by atoms with Crippen LogP contribution < -0.4 is 10.5 Å². The summed E-state index contributed by atoms with van der Waals surface area (Å²) in [4.78, 5) is 0. The Morgan fingerprint density at radius 1 is 0.786 bits per heavy atom. The molecule has 1 aliphatic heterocycles. The lowest BCUT2D eigenvalue weighted by Gasteiger charge is -2.32. The van der Waals surface area contributed by atoms with Gasteiger partial charge in [0.1, 0.15) is 29.3 Å². The van der Waals surface area contributed by atoms with Gasteiger partial charge in [-0.3, -0.25) is 0 Å². The topological polar surface area (TPSA) is 35.2 Å². The van der Waals surface area contributed by atoms with Gasteiger partial charge in [-0.1, -0.05) is 6.07 Å². The van der Waals surface area contributed by atoms with Gasteiger partial charge in [0.05, 0.1) is 6.04 Å². The zero-order valence-electron chi connectivity index (χ0n) is 14.4. The molecule has 3 aromatic rings. The van der Waals surface area contributed by atoms with Crippen molar-refractivity contribution >= 4 is 0 Å². The molecule has 4 rings (SSSR count). The quantitative estimate of drug-likeness (QED) is 0.490. The first kappa shape index (κ1) is 18.4. The molecule has 0 bridgehead atoms. The van der Waals surface area contributed by atoms with Crippen molar-refractivity contribution < 1.29 is 26.7 Å². The van der Waals surface area contributed by atoms with E-state index in [-0.39, 0.29) is 17.5 Å². The lowest BCUT2D eigenvalue weighted by molar-refractivity contribution is 0.148. The molecule has 2 atom stereocenters. The summed E-state index contributed by atoms with van der Waals surface area (Å²) in [7, 11) is 0. The predicted molar refractivity (Wildman–Crippen MR) is 93.2 cm³/mol. The summed E-state index contributed by atoms with van der Waals surface area (Å²) in [5.74, 6) is -4.45. The second-order valence-electron chi connectivity index (χ2n) is 6.64. The first-order valence-electron chi connectivity index (χ1n) is 8.48. The van der Waals surface area contributed by atoms with Crippen LogP contribution in [0.25, 0.3) is 11.1 Å². The molecule has 7 heteroatoms. The largest absolute Gasteiger partial charge is 0.484 e. The van der Waals surface area contributed by atoms with Crippen molar-refractivity contribution in [1.82, 2.24) is 0 Å². The minimum Gasteiger partial charge on any atom is -0.484 e. The van der Waals surface area contributed by atoms with E-state index in [9.17, 15) is 22.0 Å². The summed E-state index contributed by atoms with van der Waals surface area (Å²) >= 11 is 0. The molecule has 0 spiro atoms. The molecule has 0 fully saturated rings. The zero-order chi connectivity index (χ0) is 20.0. The summed E-state index contributed by atoms with van der Waals surface area (Å²) in [6.07, 6.45) is -0.759. The molecular formula is C21H14F5NO.